The molecule has 0 radical (unpaired) electrons. The molecule has 0 aliphatic carbocycles. The van der Waals surface area contributed by atoms with Crippen molar-refractivity contribution in [2.45, 2.75) is 32.6 Å². The zero-order valence-corrected chi connectivity index (χ0v) is 18.6. The number of nitrogens with one attached hydrogen (secondary N) is 1. The number of rotatable bonds is 7. The molecular formula is C23H39N5O. The second kappa shape index (κ2) is 11.3. The van der Waals surface area contributed by atoms with Crippen molar-refractivity contribution in [1.82, 2.24) is 15.1 Å². The maximum absolute atomic E-state index is 5.52. The van der Waals surface area contributed by atoms with E-state index in [2.05, 4.69) is 44.1 Å². The second-order valence-electron chi connectivity index (χ2n) is 8.38. The Bertz CT molecular complexity index is 642. The molecule has 1 aromatic rings. The lowest BCUT2D eigenvalue weighted by Gasteiger charge is -2.38. The zero-order chi connectivity index (χ0) is 20.5. The monoisotopic (exact) mass is 401 g/mol. The second-order valence-corrected chi connectivity index (χ2v) is 8.38. The molecule has 6 heteroatoms. The van der Waals surface area contributed by atoms with Gasteiger partial charge in [0.05, 0.1) is 12.8 Å². The van der Waals surface area contributed by atoms with Gasteiger partial charge in [-0.2, -0.15) is 0 Å². The molecule has 0 saturated carbocycles. The number of para-hydroxylation sites is 2. The van der Waals surface area contributed by atoms with Crippen LogP contribution in [0.4, 0.5) is 5.69 Å². The third kappa shape index (κ3) is 6.26. The minimum Gasteiger partial charge on any atom is -0.495 e. The zero-order valence-electron chi connectivity index (χ0n) is 18.6. The van der Waals surface area contributed by atoms with Crippen molar-refractivity contribution >= 4 is 11.6 Å². The van der Waals surface area contributed by atoms with Crippen molar-refractivity contribution < 1.29 is 4.74 Å². The normalized spacial score (nSPS) is 21.3. The van der Waals surface area contributed by atoms with E-state index < -0.39 is 0 Å². The third-order valence-corrected chi connectivity index (χ3v) is 6.14. The van der Waals surface area contributed by atoms with Crippen LogP contribution in [0.25, 0.3) is 0 Å². The molecule has 1 unspecified atom stereocenters. The average molecular weight is 402 g/mol. The largest absolute Gasteiger partial charge is 0.495 e. The van der Waals surface area contributed by atoms with Crippen LogP contribution in [-0.2, 0) is 0 Å². The first-order valence-corrected chi connectivity index (χ1v) is 11.3. The average Bonchev–Trinajstić information content (AvgIpc) is 2.76. The molecule has 1 atom stereocenters. The standard InChI is InChI=1S/C23H39N5O/c1-20-9-8-14-26(19-20)13-7-6-12-25-23(24-2)28-17-15-27(16-18-28)21-10-4-5-11-22(21)29-3/h4-5,10-11,20H,6-9,12-19H2,1-3H3,(H,24,25). The molecule has 1 N–H and O–H groups in total. The fraction of sp³-hybridized carbons (Fsp3) is 0.696. The van der Waals surface area contributed by atoms with Gasteiger partial charge in [-0.25, -0.2) is 0 Å². The van der Waals surface area contributed by atoms with E-state index in [-0.39, 0.29) is 0 Å². The first-order chi connectivity index (χ1) is 14.2. The maximum Gasteiger partial charge on any atom is 0.193 e. The van der Waals surface area contributed by atoms with Crippen LogP contribution in [0, 0.1) is 5.92 Å². The predicted molar refractivity (Wildman–Crippen MR) is 122 cm³/mol. The van der Waals surface area contributed by atoms with Gasteiger partial charge in [-0.1, -0.05) is 19.1 Å². The summed E-state index contributed by atoms with van der Waals surface area (Å²) in [5.41, 5.74) is 1.18. The van der Waals surface area contributed by atoms with E-state index in [4.69, 9.17) is 4.74 Å². The van der Waals surface area contributed by atoms with Gasteiger partial charge in [-0.3, -0.25) is 4.99 Å². The Balaban J connectivity index is 1.37. The number of aliphatic imine (C=N–C) groups is 1. The smallest absolute Gasteiger partial charge is 0.193 e. The molecule has 2 aliphatic heterocycles. The Kier molecular flexibility index (Phi) is 8.47. The van der Waals surface area contributed by atoms with Gasteiger partial charge in [0.25, 0.3) is 0 Å². The molecule has 2 heterocycles. The Labute approximate surface area is 176 Å². The SMILES string of the molecule is CN=C(NCCCCN1CCCC(C)C1)N1CCN(c2ccccc2OC)CC1. The number of piperidine rings is 1. The molecule has 3 rings (SSSR count). The Morgan fingerprint density at radius 1 is 1.14 bits per heavy atom. The van der Waals surface area contributed by atoms with Crippen molar-refractivity contribution in [3.8, 4) is 5.75 Å². The molecule has 0 spiro atoms. The lowest BCUT2D eigenvalue weighted by molar-refractivity contribution is 0.181. The van der Waals surface area contributed by atoms with E-state index in [1.165, 1.54) is 51.0 Å². The number of unbranched alkanes of at least 4 members (excludes halogenated alkanes) is 1. The molecule has 2 aliphatic rings. The number of likely N-dealkylation sites (tertiary alicyclic amines) is 1. The number of methoxy groups -OCH3 is 1. The number of nitrogens with zero attached hydrogens (tertiary/aromatic N) is 4. The first kappa shape index (κ1) is 21.8. The third-order valence-electron chi connectivity index (χ3n) is 6.14. The first-order valence-electron chi connectivity index (χ1n) is 11.3. The number of guanidine groups is 1. The van der Waals surface area contributed by atoms with Crippen molar-refractivity contribution in [2.75, 3.05) is 71.4 Å². The highest BCUT2D eigenvalue weighted by molar-refractivity contribution is 5.80. The Morgan fingerprint density at radius 2 is 1.93 bits per heavy atom. The molecule has 2 saturated heterocycles. The summed E-state index contributed by atoms with van der Waals surface area (Å²) in [6, 6.07) is 8.28. The summed E-state index contributed by atoms with van der Waals surface area (Å²) in [6.45, 7) is 11.1. The Hall–Kier alpha value is -1.95. The molecule has 1 aromatic carbocycles. The van der Waals surface area contributed by atoms with E-state index in [1.54, 1.807) is 7.11 Å². The molecule has 2 fully saturated rings. The van der Waals surface area contributed by atoms with Crippen molar-refractivity contribution in [2.24, 2.45) is 10.9 Å². The summed E-state index contributed by atoms with van der Waals surface area (Å²) in [5.74, 6) is 2.86. The lowest BCUT2D eigenvalue weighted by atomic mass is 10.0. The van der Waals surface area contributed by atoms with Gasteiger partial charge in [0, 0.05) is 46.3 Å². The minimum absolute atomic E-state index is 0.871. The Morgan fingerprint density at radius 3 is 2.66 bits per heavy atom. The van der Waals surface area contributed by atoms with E-state index in [1.807, 2.05) is 19.2 Å². The molecule has 0 aromatic heterocycles. The maximum atomic E-state index is 5.52. The van der Waals surface area contributed by atoms with E-state index >= 15 is 0 Å². The quantitative estimate of drug-likeness (QED) is 0.432. The topological polar surface area (TPSA) is 43.3 Å². The van der Waals surface area contributed by atoms with Gasteiger partial charge in [0.1, 0.15) is 5.75 Å². The molecule has 0 bridgehead atoms. The number of benzene rings is 1. The van der Waals surface area contributed by atoms with Gasteiger partial charge < -0.3 is 24.8 Å². The van der Waals surface area contributed by atoms with Crippen LogP contribution in [0.2, 0.25) is 0 Å². The highest BCUT2D eigenvalue weighted by Gasteiger charge is 2.21. The fourth-order valence-corrected chi connectivity index (χ4v) is 4.53. The lowest BCUT2D eigenvalue weighted by Crippen LogP contribution is -2.52. The number of hydrogen-bond donors (Lipinski definition) is 1. The van der Waals surface area contributed by atoms with Gasteiger partial charge in [-0.15, -0.1) is 0 Å². The summed E-state index contributed by atoms with van der Waals surface area (Å²) >= 11 is 0. The van der Waals surface area contributed by atoms with Gasteiger partial charge in [-0.05, 0) is 56.8 Å². The van der Waals surface area contributed by atoms with Gasteiger partial charge in [0.15, 0.2) is 5.96 Å². The fourth-order valence-electron chi connectivity index (χ4n) is 4.53. The van der Waals surface area contributed by atoms with E-state index in [0.29, 0.717) is 0 Å². The number of hydrogen-bond acceptors (Lipinski definition) is 4. The summed E-state index contributed by atoms with van der Waals surface area (Å²) in [5, 5.41) is 3.58. The molecular weight excluding hydrogens is 362 g/mol. The van der Waals surface area contributed by atoms with Crippen LogP contribution >= 0.6 is 0 Å². The summed E-state index contributed by atoms with van der Waals surface area (Å²) < 4.78 is 5.52. The van der Waals surface area contributed by atoms with Crippen molar-refractivity contribution in [1.29, 1.82) is 0 Å². The number of ether oxygens (including phenoxy) is 1. The highest BCUT2D eigenvalue weighted by atomic mass is 16.5. The molecule has 29 heavy (non-hydrogen) atoms. The van der Waals surface area contributed by atoms with Gasteiger partial charge in [0.2, 0.25) is 0 Å². The van der Waals surface area contributed by atoms with Crippen molar-refractivity contribution in [3.63, 3.8) is 0 Å². The van der Waals surface area contributed by atoms with Gasteiger partial charge >= 0.3 is 0 Å². The number of anilines is 1. The predicted octanol–water partition coefficient (Wildman–Crippen LogP) is 2.90. The number of piperazine rings is 1. The van der Waals surface area contributed by atoms with E-state index in [0.717, 1.165) is 50.4 Å². The van der Waals surface area contributed by atoms with Crippen LogP contribution in [0.5, 0.6) is 5.75 Å². The van der Waals surface area contributed by atoms with Crippen LogP contribution in [0.3, 0.4) is 0 Å². The summed E-state index contributed by atoms with van der Waals surface area (Å²) in [4.78, 5) is 11.9. The molecule has 6 nitrogen and oxygen atoms in total. The van der Waals surface area contributed by atoms with Crippen LogP contribution in [-0.4, -0.2) is 82.3 Å². The molecule has 0 amide bonds. The summed E-state index contributed by atoms with van der Waals surface area (Å²) in [6.07, 6.45) is 5.23. The van der Waals surface area contributed by atoms with Crippen LogP contribution in [0.15, 0.2) is 29.3 Å². The van der Waals surface area contributed by atoms with E-state index in [9.17, 15) is 0 Å². The van der Waals surface area contributed by atoms with Crippen LogP contribution in [0.1, 0.15) is 32.6 Å². The molecule has 162 valence electrons. The van der Waals surface area contributed by atoms with Crippen LogP contribution < -0.4 is 15.0 Å². The van der Waals surface area contributed by atoms with Crippen molar-refractivity contribution in [3.05, 3.63) is 24.3 Å². The summed E-state index contributed by atoms with van der Waals surface area (Å²) in [7, 11) is 3.64. The minimum atomic E-state index is 0.871. The highest BCUT2D eigenvalue weighted by Crippen LogP contribution is 2.28.